The van der Waals surface area contributed by atoms with E-state index in [2.05, 4.69) is 10.1 Å². The zero-order chi connectivity index (χ0) is 17.9. The molecule has 1 heterocycles. The third-order valence-corrected chi connectivity index (χ3v) is 3.25. The second-order valence-corrected chi connectivity index (χ2v) is 5.10. The Kier molecular flexibility index (Phi) is 5.18. The second-order valence-electron chi connectivity index (χ2n) is 5.10. The molecule has 2 aromatic rings. The molecule has 0 radical (unpaired) electrons. The summed E-state index contributed by atoms with van der Waals surface area (Å²) in [6.07, 6.45) is 0.845. The molecule has 0 unspecified atom stereocenters. The Morgan fingerprint density at radius 1 is 1.29 bits per heavy atom. The highest BCUT2D eigenvalue weighted by molar-refractivity contribution is 6.06. The molecular formula is C16H15F2NO5. The highest BCUT2D eigenvalue weighted by atomic mass is 19.3. The smallest absolute Gasteiger partial charge is 0.387 e. The van der Waals surface area contributed by atoms with Crippen LogP contribution in [0.25, 0.3) is 0 Å². The zero-order valence-corrected chi connectivity index (χ0v) is 12.9. The number of hydrogen-bond acceptors (Lipinski definition) is 4. The summed E-state index contributed by atoms with van der Waals surface area (Å²) < 4.78 is 34.2. The number of rotatable bonds is 6. The summed E-state index contributed by atoms with van der Waals surface area (Å²) in [5.41, 5.74) is 1.30. The first-order valence-corrected chi connectivity index (χ1v) is 6.93. The first kappa shape index (κ1) is 17.5. The van der Waals surface area contributed by atoms with Crippen LogP contribution in [0.1, 0.15) is 27.2 Å². The minimum Gasteiger partial charge on any atom is -0.481 e. The lowest BCUT2D eigenvalue weighted by Gasteiger charge is -2.11. The van der Waals surface area contributed by atoms with E-state index >= 15 is 0 Å². The van der Waals surface area contributed by atoms with Gasteiger partial charge in [0.25, 0.3) is 5.91 Å². The molecule has 1 aromatic carbocycles. The van der Waals surface area contributed by atoms with Crippen LogP contribution in [0.2, 0.25) is 0 Å². The number of alkyl halides is 2. The van der Waals surface area contributed by atoms with Gasteiger partial charge in [-0.1, -0.05) is 6.07 Å². The van der Waals surface area contributed by atoms with Crippen molar-refractivity contribution in [2.24, 2.45) is 0 Å². The number of nitrogens with one attached hydrogen (secondary N) is 1. The number of carbonyl (C=O) groups excluding carboxylic acids is 1. The van der Waals surface area contributed by atoms with Crippen LogP contribution in [-0.2, 0) is 11.2 Å². The molecule has 0 saturated carbocycles. The van der Waals surface area contributed by atoms with Gasteiger partial charge in [-0.2, -0.15) is 8.78 Å². The van der Waals surface area contributed by atoms with Crippen LogP contribution in [0.4, 0.5) is 14.5 Å². The standard InChI is InChI=1S/C16H15F2NO5/c1-8-3-4-10(5-11(8)24-16(17)18)19-15(22)14-9(2)7-23-12(14)6-13(20)21/h3-5,7,16H,6H2,1-2H3,(H,19,22)(H,20,21). The molecule has 0 aliphatic heterocycles. The monoisotopic (exact) mass is 339 g/mol. The van der Waals surface area contributed by atoms with Crippen molar-refractivity contribution in [3.8, 4) is 5.75 Å². The van der Waals surface area contributed by atoms with Gasteiger partial charge in [0.15, 0.2) is 0 Å². The third-order valence-electron chi connectivity index (χ3n) is 3.25. The SMILES string of the molecule is Cc1ccc(NC(=O)c2c(C)coc2CC(=O)O)cc1OC(F)F. The molecule has 2 N–H and O–H groups in total. The molecular weight excluding hydrogens is 324 g/mol. The quantitative estimate of drug-likeness (QED) is 0.842. The Morgan fingerprint density at radius 3 is 2.62 bits per heavy atom. The van der Waals surface area contributed by atoms with E-state index in [4.69, 9.17) is 9.52 Å². The van der Waals surface area contributed by atoms with Crippen molar-refractivity contribution in [3.05, 3.63) is 46.9 Å². The van der Waals surface area contributed by atoms with Crippen molar-refractivity contribution in [3.63, 3.8) is 0 Å². The molecule has 0 atom stereocenters. The number of amides is 1. The highest BCUT2D eigenvalue weighted by Crippen LogP contribution is 2.26. The minimum atomic E-state index is -2.98. The molecule has 128 valence electrons. The molecule has 0 bridgehead atoms. The fourth-order valence-corrected chi connectivity index (χ4v) is 2.16. The molecule has 8 heteroatoms. The summed E-state index contributed by atoms with van der Waals surface area (Å²) in [7, 11) is 0. The number of benzene rings is 1. The fraction of sp³-hybridized carbons (Fsp3) is 0.250. The molecule has 0 aliphatic carbocycles. The molecule has 6 nitrogen and oxygen atoms in total. The van der Waals surface area contributed by atoms with Gasteiger partial charge in [-0.3, -0.25) is 9.59 Å². The van der Waals surface area contributed by atoms with Gasteiger partial charge >= 0.3 is 12.6 Å². The normalized spacial score (nSPS) is 10.7. The Hall–Kier alpha value is -2.90. The number of anilines is 1. The molecule has 1 aromatic heterocycles. The molecule has 0 aliphatic rings. The van der Waals surface area contributed by atoms with Gasteiger partial charge in [0.2, 0.25) is 0 Å². The lowest BCUT2D eigenvalue weighted by molar-refractivity contribution is -0.136. The molecule has 0 fully saturated rings. The number of carboxylic acid groups (broad SMARTS) is 1. The van der Waals surface area contributed by atoms with E-state index in [9.17, 15) is 18.4 Å². The van der Waals surface area contributed by atoms with Crippen molar-refractivity contribution in [1.82, 2.24) is 0 Å². The average molecular weight is 339 g/mol. The van der Waals surface area contributed by atoms with E-state index in [1.807, 2.05) is 0 Å². The van der Waals surface area contributed by atoms with Gasteiger partial charge in [0, 0.05) is 17.3 Å². The second kappa shape index (κ2) is 7.12. The zero-order valence-electron chi connectivity index (χ0n) is 12.9. The molecule has 0 saturated heterocycles. The van der Waals surface area contributed by atoms with E-state index in [1.54, 1.807) is 13.8 Å². The number of halogens is 2. The third kappa shape index (κ3) is 4.09. The van der Waals surface area contributed by atoms with Crippen LogP contribution < -0.4 is 10.1 Å². The van der Waals surface area contributed by atoms with Crippen LogP contribution in [0.5, 0.6) is 5.75 Å². The lowest BCUT2D eigenvalue weighted by atomic mass is 10.1. The van der Waals surface area contributed by atoms with Crippen molar-refractivity contribution in [1.29, 1.82) is 0 Å². The van der Waals surface area contributed by atoms with Crippen molar-refractivity contribution >= 4 is 17.6 Å². The summed E-state index contributed by atoms with van der Waals surface area (Å²) in [6.45, 7) is 0.214. The molecule has 24 heavy (non-hydrogen) atoms. The van der Waals surface area contributed by atoms with Crippen molar-refractivity contribution < 1.29 is 32.6 Å². The van der Waals surface area contributed by atoms with Gasteiger partial charge < -0.3 is 19.6 Å². The largest absolute Gasteiger partial charge is 0.481 e. The predicted octanol–water partition coefficient (Wildman–Crippen LogP) is 3.38. The van der Waals surface area contributed by atoms with Gasteiger partial charge in [-0.05, 0) is 25.5 Å². The predicted molar refractivity (Wildman–Crippen MR) is 80.5 cm³/mol. The van der Waals surface area contributed by atoms with E-state index in [-0.39, 0.29) is 22.8 Å². The molecule has 0 spiro atoms. The molecule has 2 rings (SSSR count). The van der Waals surface area contributed by atoms with E-state index in [0.717, 1.165) is 0 Å². The number of ether oxygens (including phenoxy) is 1. The van der Waals surface area contributed by atoms with Gasteiger partial charge in [0.1, 0.15) is 17.9 Å². The Labute approximate surface area is 136 Å². The van der Waals surface area contributed by atoms with Crippen molar-refractivity contribution in [2.75, 3.05) is 5.32 Å². The van der Waals surface area contributed by atoms with Crippen LogP contribution in [0.3, 0.4) is 0 Å². The van der Waals surface area contributed by atoms with Crippen molar-refractivity contribution in [2.45, 2.75) is 26.9 Å². The molecule has 1 amide bonds. The summed E-state index contributed by atoms with van der Waals surface area (Å²) in [4.78, 5) is 23.2. The van der Waals surface area contributed by atoms with Gasteiger partial charge in [-0.25, -0.2) is 0 Å². The minimum absolute atomic E-state index is 0.0219. The maximum absolute atomic E-state index is 12.4. The fourth-order valence-electron chi connectivity index (χ4n) is 2.16. The van der Waals surface area contributed by atoms with E-state index in [0.29, 0.717) is 11.1 Å². The summed E-state index contributed by atoms with van der Waals surface area (Å²) >= 11 is 0. The number of aliphatic carboxylic acids is 1. The summed E-state index contributed by atoms with van der Waals surface area (Å²) in [5.74, 6) is -1.77. The topological polar surface area (TPSA) is 88.8 Å². The van der Waals surface area contributed by atoms with Gasteiger partial charge in [0.05, 0.1) is 11.8 Å². The van der Waals surface area contributed by atoms with Crippen LogP contribution in [0.15, 0.2) is 28.9 Å². The van der Waals surface area contributed by atoms with Crippen LogP contribution in [-0.4, -0.2) is 23.6 Å². The van der Waals surface area contributed by atoms with Gasteiger partial charge in [-0.15, -0.1) is 0 Å². The number of hydrogen-bond donors (Lipinski definition) is 2. The first-order chi connectivity index (χ1) is 11.3. The summed E-state index contributed by atoms with van der Waals surface area (Å²) in [5, 5.41) is 11.4. The van der Waals surface area contributed by atoms with E-state index < -0.39 is 24.9 Å². The Balaban J connectivity index is 2.24. The number of carbonyl (C=O) groups is 2. The summed E-state index contributed by atoms with van der Waals surface area (Å²) in [6, 6.07) is 4.32. The Morgan fingerprint density at radius 2 is 2.00 bits per heavy atom. The maximum atomic E-state index is 12.4. The Bertz CT molecular complexity index is 770. The first-order valence-electron chi connectivity index (χ1n) is 6.93. The van der Waals surface area contributed by atoms with Crippen LogP contribution in [0, 0.1) is 13.8 Å². The van der Waals surface area contributed by atoms with E-state index in [1.165, 1.54) is 24.5 Å². The average Bonchev–Trinajstić information content (AvgIpc) is 2.82. The van der Waals surface area contributed by atoms with Crippen LogP contribution >= 0.6 is 0 Å². The maximum Gasteiger partial charge on any atom is 0.387 e. The highest BCUT2D eigenvalue weighted by Gasteiger charge is 2.21. The lowest BCUT2D eigenvalue weighted by Crippen LogP contribution is -2.15. The number of carboxylic acids is 1. The number of aryl methyl sites for hydroxylation is 2. The number of furan rings is 1.